The fourth-order valence-corrected chi connectivity index (χ4v) is 3.91. The molecule has 1 spiro atoms. The van der Waals surface area contributed by atoms with Crippen LogP contribution in [-0.2, 0) is 0 Å². The highest BCUT2D eigenvalue weighted by molar-refractivity contribution is 5.30. The molecule has 3 rings (SSSR count). The molecule has 17 heavy (non-hydrogen) atoms. The molecule has 0 unspecified atom stereocenters. The van der Waals surface area contributed by atoms with Gasteiger partial charge in [0.15, 0.2) is 0 Å². The summed E-state index contributed by atoms with van der Waals surface area (Å²) in [6, 6.07) is 2.54. The van der Waals surface area contributed by atoms with Gasteiger partial charge in [0.05, 0.1) is 11.7 Å². The summed E-state index contributed by atoms with van der Waals surface area (Å²) in [4.78, 5) is 0. The van der Waals surface area contributed by atoms with Crippen LogP contribution in [0.2, 0.25) is 0 Å². The molecule has 0 saturated heterocycles. The van der Waals surface area contributed by atoms with Crippen molar-refractivity contribution in [3.63, 3.8) is 0 Å². The smallest absolute Gasteiger partial charge is 0.122 e. The molecule has 0 aromatic carbocycles. The Bertz CT molecular complexity index is 392. The fourth-order valence-electron chi connectivity index (χ4n) is 3.91. The molecular formula is C14H23N3. The van der Waals surface area contributed by atoms with Crippen molar-refractivity contribution in [2.75, 3.05) is 5.73 Å². The van der Waals surface area contributed by atoms with Crippen LogP contribution in [0, 0.1) is 12.3 Å². The van der Waals surface area contributed by atoms with E-state index in [9.17, 15) is 0 Å². The number of hydrogen-bond donors (Lipinski definition) is 1. The Kier molecular flexibility index (Phi) is 2.64. The van der Waals surface area contributed by atoms with Crippen LogP contribution >= 0.6 is 0 Å². The van der Waals surface area contributed by atoms with E-state index < -0.39 is 0 Å². The SMILES string of the molecule is Cc1cc(N)n(C2CCC3(CCCC3)CC2)n1. The first kappa shape index (κ1) is 11.1. The topological polar surface area (TPSA) is 43.8 Å². The Hall–Kier alpha value is -0.990. The second-order valence-electron chi connectivity index (χ2n) is 6.09. The molecule has 1 aromatic rings. The number of nitrogens with zero attached hydrogens (tertiary/aromatic N) is 2. The molecule has 0 amide bonds. The maximum Gasteiger partial charge on any atom is 0.122 e. The summed E-state index contributed by atoms with van der Waals surface area (Å²) >= 11 is 0. The molecule has 2 fully saturated rings. The molecule has 94 valence electrons. The van der Waals surface area contributed by atoms with Gasteiger partial charge in [-0.05, 0) is 50.9 Å². The Balaban J connectivity index is 1.70. The van der Waals surface area contributed by atoms with Crippen LogP contribution in [0.25, 0.3) is 0 Å². The monoisotopic (exact) mass is 233 g/mol. The van der Waals surface area contributed by atoms with Crippen LogP contribution in [0.5, 0.6) is 0 Å². The van der Waals surface area contributed by atoms with E-state index in [1.54, 1.807) is 0 Å². The Morgan fingerprint density at radius 1 is 1.24 bits per heavy atom. The van der Waals surface area contributed by atoms with E-state index in [0.717, 1.165) is 11.5 Å². The molecule has 1 heterocycles. The number of nitrogen functional groups attached to an aromatic ring is 1. The molecule has 0 aliphatic heterocycles. The predicted molar refractivity (Wildman–Crippen MR) is 69.8 cm³/mol. The molecule has 0 atom stereocenters. The third-order valence-electron chi connectivity index (χ3n) is 4.91. The number of aromatic nitrogens is 2. The zero-order valence-electron chi connectivity index (χ0n) is 10.8. The van der Waals surface area contributed by atoms with Gasteiger partial charge in [-0.3, -0.25) is 0 Å². The average Bonchev–Trinajstić information content (AvgIpc) is 2.88. The van der Waals surface area contributed by atoms with E-state index in [4.69, 9.17) is 5.73 Å². The highest BCUT2D eigenvalue weighted by Gasteiger charge is 2.38. The number of nitrogens with two attached hydrogens (primary N) is 1. The molecule has 2 saturated carbocycles. The molecule has 2 aliphatic rings. The molecule has 3 nitrogen and oxygen atoms in total. The van der Waals surface area contributed by atoms with Gasteiger partial charge in [-0.1, -0.05) is 12.8 Å². The van der Waals surface area contributed by atoms with E-state index in [1.807, 2.05) is 13.0 Å². The van der Waals surface area contributed by atoms with E-state index in [1.165, 1.54) is 51.4 Å². The Morgan fingerprint density at radius 3 is 2.41 bits per heavy atom. The molecule has 1 aromatic heterocycles. The zero-order chi connectivity index (χ0) is 11.9. The number of aryl methyl sites for hydroxylation is 1. The van der Waals surface area contributed by atoms with Gasteiger partial charge < -0.3 is 5.73 Å². The molecular weight excluding hydrogens is 210 g/mol. The van der Waals surface area contributed by atoms with Crippen molar-refractivity contribution in [2.24, 2.45) is 5.41 Å². The quantitative estimate of drug-likeness (QED) is 0.807. The third kappa shape index (κ3) is 1.96. The van der Waals surface area contributed by atoms with Gasteiger partial charge in [0.25, 0.3) is 0 Å². The van der Waals surface area contributed by atoms with Crippen molar-refractivity contribution in [3.8, 4) is 0 Å². The van der Waals surface area contributed by atoms with Gasteiger partial charge in [0, 0.05) is 6.07 Å². The second-order valence-corrected chi connectivity index (χ2v) is 6.09. The number of anilines is 1. The van der Waals surface area contributed by atoms with Crippen molar-refractivity contribution in [1.29, 1.82) is 0 Å². The second kappa shape index (κ2) is 4.04. The highest BCUT2D eigenvalue weighted by atomic mass is 15.3. The first-order chi connectivity index (χ1) is 8.19. The lowest BCUT2D eigenvalue weighted by Gasteiger charge is -2.37. The third-order valence-corrected chi connectivity index (χ3v) is 4.91. The largest absolute Gasteiger partial charge is 0.384 e. The summed E-state index contributed by atoms with van der Waals surface area (Å²) in [7, 11) is 0. The lowest BCUT2D eigenvalue weighted by Crippen LogP contribution is -2.27. The van der Waals surface area contributed by atoms with Crippen LogP contribution in [0.3, 0.4) is 0 Å². The normalized spacial score (nSPS) is 24.5. The van der Waals surface area contributed by atoms with Crippen LogP contribution in [0.4, 0.5) is 5.82 Å². The maximum absolute atomic E-state index is 6.02. The Morgan fingerprint density at radius 2 is 1.88 bits per heavy atom. The van der Waals surface area contributed by atoms with Crippen LogP contribution in [0.15, 0.2) is 6.07 Å². The van der Waals surface area contributed by atoms with E-state index in [-0.39, 0.29) is 0 Å². The lowest BCUT2D eigenvalue weighted by molar-refractivity contribution is 0.153. The first-order valence-electron chi connectivity index (χ1n) is 7.00. The van der Waals surface area contributed by atoms with Crippen molar-refractivity contribution in [3.05, 3.63) is 11.8 Å². The summed E-state index contributed by atoms with van der Waals surface area (Å²) < 4.78 is 2.07. The van der Waals surface area contributed by atoms with Crippen molar-refractivity contribution >= 4 is 5.82 Å². The van der Waals surface area contributed by atoms with Crippen molar-refractivity contribution in [1.82, 2.24) is 9.78 Å². The van der Waals surface area contributed by atoms with Gasteiger partial charge in [0.1, 0.15) is 5.82 Å². The number of rotatable bonds is 1. The van der Waals surface area contributed by atoms with Gasteiger partial charge >= 0.3 is 0 Å². The minimum atomic E-state index is 0.551. The minimum Gasteiger partial charge on any atom is -0.384 e. The van der Waals surface area contributed by atoms with Gasteiger partial charge in [-0.25, -0.2) is 4.68 Å². The summed E-state index contributed by atoms with van der Waals surface area (Å²) in [5.74, 6) is 0.842. The van der Waals surface area contributed by atoms with Crippen LogP contribution < -0.4 is 5.73 Å². The molecule has 2 N–H and O–H groups in total. The standard InChI is InChI=1S/C14H23N3/c1-11-10-13(15)17(16-11)12-4-8-14(9-5-12)6-2-3-7-14/h10,12H,2-9,15H2,1H3. The zero-order valence-corrected chi connectivity index (χ0v) is 10.8. The summed E-state index contributed by atoms with van der Waals surface area (Å²) in [5, 5.41) is 4.54. The van der Waals surface area contributed by atoms with Crippen LogP contribution in [0.1, 0.15) is 63.1 Å². The summed E-state index contributed by atoms with van der Waals surface area (Å²) in [6.07, 6.45) is 11.1. The van der Waals surface area contributed by atoms with E-state index in [2.05, 4.69) is 9.78 Å². The molecule has 2 aliphatic carbocycles. The highest BCUT2D eigenvalue weighted by Crippen LogP contribution is 2.51. The van der Waals surface area contributed by atoms with Gasteiger partial charge in [-0.15, -0.1) is 0 Å². The molecule has 0 radical (unpaired) electrons. The summed E-state index contributed by atoms with van der Waals surface area (Å²) in [6.45, 7) is 2.02. The molecule has 3 heteroatoms. The average molecular weight is 233 g/mol. The van der Waals surface area contributed by atoms with Crippen molar-refractivity contribution in [2.45, 2.75) is 64.3 Å². The predicted octanol–water partition coefficient (Wildman–Crippen LogP) is 3.45. The number of hydrogen-bond acceptors (Lipinski definition) is 2. The van der Waals surface area contributed by atoms with E-state index >= 15 is 0 Å². The minimum absolute atomic E-state index is 0.551. The Labute approximate surface area is 103 Å². The first-order valence-corrected chi connectivity index (χ1v) is 7.00. The van der Waals surface area contributed by atoms with Crippen molar-refractivity contribution < 1.29 is 0 Å². The lowest BCUT2D eigenvalue weighted by atomic mass is 9.71. The fraction of sp³-hybridized carbons (Fsp3) is 0.786. The maximum atomic E-state index is 6.02. The van der Waals surface area contributed by atoms with E-state index in [0.29, 0.717) is 11.5 Å². The van der Waals surface area contributed by atoms with Gasteiger partial charge in [0.2, 0.25) is 0 Å². The van der Waals surface area contributed by atoms with Crippen LogP contribution in [-0.4, -0.2) is 9.78 Å². The molecule has 0 bridgehead atoms. The van der Waals surface area contributed by atoms with Gasteiger partial charge in [-0.2, -0.15) is 5.10 Å². The summed E-state index contributed by atoms with van der Waals surface area (Å²) in [5.41, 5.74) is 7.76.